The number of rotatable bonds is 8. The van der Waals surface area contributed by atoms with Gasteiger partial charge in [0.15, 0.2) is 5.13 Å². The zero-order valence-corrected chi connectivity index (χ0v) is 16.8. The molecule has 3 aromatic rings. The number of ether oxygens (including phenoxy) is 3. The molecule has 0 spiro atoms. The van der Waals surface area contributed by atoms with Crippen LogP contribution in [0.1, 0.15) is 24.2 Å². The van der Waals surface area contributed by atoms with Gasteiger partial charge in [0.05, 0.1) is 26.0 Å². The lowest BCUT2D eigenvalue weighted by molar-refractivity contribution is 0.102. The fourth-order valence-corrected chi connectivity index (χ4v) is 3.34. The molecular formula is C21H22N2O4S. The lowest BCUT2D eigenvalue weighted by Gasteiger charge is -2.11. The molecule has 0 atom stereocenters. The van der Waals surface area contributed by atoms with Crippen molar-refractivity contribution in [2.75, 3.05) is 25.6 Å². The summed E-state index contributed by atoms with van der Waals surface area (Å²) in [7, 11) is 1.57. The van der Waals surface area contributed by atoms with Crippen LogP contribution in [-0.4, -0.2) is 31.2 Å². The molecule has 1 amide bonds. The molecule has 1 N–H and O–H groups in total. The Morgan fingerprint density at radius 1 is 1.07 bits per heavy atom. The van der Waals surface area contributed by atoms with E-state index < -0.39 is 0 Å². The Kier molecular flexibility index (Phi) is 6.49. The van der Waals surface area contributed by atoms with E-state index >= 15 is 0 Å². The molecule has 0 aliphatic carbocycles. The topological polar surface area (TPSA) is 69.7 Å². The second kappa shape index (κ2) is 9.23. The van der Waals surface area contributed by atoms with Crippen LogP contribution in [0.5, 0.6) is 17.2 Å². The number of nitrogens with one attached hydrogen (secondary N) is 1. The molecule has 0 aliphatic heterocycles. The van der Waals surface area contributed by atoms with Gasteiger partial charge in [-0.3, -0.25) is 10.1 Å². The van der Waals surface area contributed by atoms with E-state index in [1.54, 1.807) is 31.4 Å². The predicted octanol–water partition coefficient (Wildman–Crippen LogP) is 4.87. The van der Waals surface area contributed by atoms with Crippen LogP contribution in [-0.2, 0) is 0 Å². The number of hydrogen-bond donors (Lipinski definition) is 1. The molecule has 0 bridgehead atoms. The molecule has 6 nitrogen and oxygen atoms in total. The minimum absolute atomic E-state index is 0.243. The zero-order chi connectivity index (χ0) is 19.9. The molecule has 2 aromatic carbocycles. The monoisotopic (exact) mass is 398 g/mol. The highest BCUT2D eigenvalue weighted by molar-refractivity contribution is 7.14. The molecule has 0 fully saturated rings. The number of hydrogen-bond acceptors (Lipinski definition) is 6. The summed E-state index contributed by atoms with van der Waals surface area (Å²) < 4.78 is 16.5. The molecule has 1 heterocycles. The van der Waals surface area contributed by atoms with Gasteiger partial charge >= 0.3 is 0 Å². The normalized spacial score (nSPS) is 10.4. The molecule has 0 radical (unpaired) electrons. The van der Waals surface area contributed by atoms with Crippen molar-refractivity contribution in [3.05, 3.63) is 53.4 Å². The molecule has 1 aromatic heterocycles. The lowest BCUT2D eigenvalue weighted by atomic mass is 10.1. The second-order valence-electron chi connectivity index (χ2n) is 5.75. The molecule has 146 valence electrons. The van der Waals surface area contributed by atoms with Gasteiger partial charge in [-0.1, -0.05) is 6.07 Å². The number of benzene rings is 2. The Bertz CT molecular complexity index is 955. The second-order valence-corrected chi connectivity index (χ2v) is 6.61. The summed E-state index contributed by atoms with van der Waals surface area (Å²) in [6.45, 7) is 4.99. The number of amides is 1. The number of carbonyl (C=O) groups excluding carboxylic acids is 1. The van der Waals surface area contributed by atoms with Gasteiger partial charge in [0, 0.05) is 16.5 Å². The summed E-state index contributed by atoms with van der Waals surface area (Å²) in [6.07, 6.45) is 0. The largest absolute Gasteiger partial charge is 0.497 e. The summed E-state index contributed by atoms with van der Waals surface area (Å²) in [5, 5.41) is 5.22. The van der Waals surface area contributed by atoms with Crippen LogP contribution < -0.4 is 19.5 Å². The Morgan fingerprint density at radius 3 is 2.64 bits per heavy atom. The summed E-state index contributed by atoms with van der Waals surface area (Å²) in [4.78, 5) is 17.0. The molecule has 7 heteroatoms. The number of anilines is 1. The third kappa shape index (κ3) is 4.61. The summed E-state index contributed by atoms with van der Waals surface area (Å²) in [5.74, 6) is 1.85. The van der Waals surface area contributed by atoms with Gasteiger partial charge in [0.25, 0.3) is 5.91 Å². The number of carbonyl (C=O) groups is 1. The summed E-state index contributed by atoms with van der Waals surface area (Å²) in [6, 6.07) is 12.6. The van der Waals surface area contributed by atoms with Crippen molar-refractivity contribution in [3.8, 4) is 28.5 Å². The maximum absolute atomic E-state index is 12.5. The van der Waals surface area contributed by atoms with Gasteiger partial charge in [-0.05, 0) is 50.2 Å². The van der Waals surface area contributed by atoms with Crippen LogP contribution in [0.3, 0.4) is 0 Å². The first-order valence-corrected chi connectivity index (χ1v) is 9.83. The van der Waals surface area contributed by atoms with Crippen molar-refractivity contribution in [1.82, 2.24) is 4.98 Å². The van der Waals surface area contributed by atoms with E-state index in [1.807, 2.05) is 37.4 Å². The number of aromatic nitrogens is 1. The minimum Gasteiger partial charge on any atom is -0.497 e. The SMILES string of the molecule is CCOc1ccc(OCC)c(-c2csc(NC(=O)c3cccc(OC)c3)n2)c1. The van der Waals surface area contributed by atoms with Crippen LogP contribution in [0.2, 0.25) is 0 Å². The van der Waals surface area contributed by atoms with E-state index in [0.29, 0.717) is 29.7 Å². The highest BCUT2D eigenvalue weighted by Gasteiger charge is 2.14. The van der Waals surface area contributed by atoms with Gasteiger partial charge in [0.1, 0.15) is 17.2 Å². The summed E-state index contributed by atoms with van der Waals surface area (Å²) >= 11 is 1.35. The lowest BCUT2D eigenvalue weighted by Crippen LogP contribution is -2.11. The van der Waals surface area contributed by atoms with E-state index in [0.717, 1.165) is 22.8 Å². The Labute approximate surface area is 168 Å². The molecular weight excluding hydrogens is 376 g/mol. The number of methoxy groups -OCH3 is 1. The van der Waals surface area contributed by atoms with Gasteiger partial charge < -0.3 is 14.2 Å². The smallest absolute Gasteiger partial charge is 0.257 e. The van der Waals surface area contributed by atoms with Crippen molar-refractivity contribution in [2.24, 2.45) is 0 Å². The third-order valence-electron chi connectivity index (χ3n) is 3.89. The molecule has 3 rings (SSSR count). The molecule has 28 heavy (non-hydrogen) atoms. The van der Waals surface area contributed by atoms with E-state index in [-0.39, 0.29) is 5.91 Å². The standard InChI is InChI=1S/C21H22N2O4S/c1-4-26-16-9-10-19(27-5-2)17(12-16)18-13-28-21(22-18)23-20(24)14-7-6-8-15(11-14)25-3/h6-13H,4-5H2,1-3H3,(H,22,23,24). The average molecular weight is 398 g/mol. The van der Waals surface area contributed by atoms with Crippen LogP contribution in [0.4, 0.5) is 5.13 Å². The van der Waals surface area contributed by atoms with Crippen molar-refractivity contribution in [3.63, 3.8) is 0 Å². The molecule has 0 saturated carbocycles. The van der Waals surface area contributed by atoms with E-state index in [9.17, 15) is 4.79 Å². The first kappa shape index (κ1) is 19.7. The zero-order valence-electron chi connectivity index (χ0n) is 16.0. The Morgan fingerprint density at radius 2 is 1.89 bits per heavy atom. The van der Waals surface area contributed by atoms with Crippen molar-refractivity contribution >= 4 is 22.4 Å². The van der Waals surface area contributed by atoms with Crippen molar-refractivity contribution < 1.29 is 19.0 Å². The predicted molar refractivity (Wildman–Crippen MR) is 111 cm³/mol. The number of thiazole rings is 1. The highest BCUT2D eigenvalue weighted by atomic mass is 32.1. The fourth-order valence-electron chi connectivity index (χ4n) is 2.64. The molecule has 0 aliphatic rings. The first-order chi connectivity index (χ1) is 13.6. The van der Waals surface area contributed by atoms with Crippen molar-refractivity contribution in [2.45, 2.75) is 13.8 Å². The van der Waals surface area contributed by atoms with E-state index in [4.69, 9.17) is 14.2 Å². The average Bonchev–Trinajstić information content (AvgIpc) is 3.18. The minimum atomic E-state index is -0.243. The van der Waals surface area contributed by atoms with Gasteiger partial charge in [-0.15, -0.1) is 11.3 Å². The highest BCUT2D eigenvalue weighted by Crippen LogP contribution is 2.35. The van der Waals surface area contributed by atoms with Crippen LogP contribution in [0.15, 0.2) is 47.8 Å². The fraction of sp³-hybridized carbons (Fsp3) is 0.238. The molecule has 0 saturated heterocycles. The van der Waals surface area contributed by atoms with Crippen LogP contribution in [0.25, 0.3) is 11.3 Å². The van der Waals surface area contributed by atoms with Gasteiger partial charge in [0.2, 0.25) is 0 Å². The van der Waals surface area contributed by atoms with E-state index in [1.165, 1.54) is 11.3 Å². The van der Waals surface area contributed by atoms with Crippen LogP contribution >= 0.6 is 11.3 Å². The number of nitrogens with zero attached hydrogens (tertiary/aromatic N) is 1. The molecule has 0 unspecified atom stereocenters. The van der Waals surface area contributed by atoms with Crippen LogP contribution in [0, 0.1) is 0 Å². The first-order valence-electron chi connectivity index (χ1n) is 8.95. The maximum atomic E-state index is 12.5. The quantitative estimate of drug-likeness (QED) is 0.586. The van der Waals surface area contributed by atoms with E-state index in [2.05, 4.69) is 10.3 Å². The van der Waals surface area contributed by atoms with Gasteiger partial charge in [-0.2, -0.15) is 0 Å². The summed E-state index contributed by atoms with van der Waals surface area (Å²) in [5.41, 5.74) is 2.05. The Hall–Kier alpha value is -3.06. The van der Waals surface area contributed by atoms with Crippen molar-refractivity contribution in [1.29, 1.82) is 0 Å². The third-order valence-corrected chi connectivity index (χ3v) is 4.65. The Balaban J connectivity index is 1.83. The maximum Gasteiger partial charge on any atom is 0.257 e. The van der Waals surface area contributed by atoms with Gasteiger partial charge in [-0.25, -0.2) is 4.98 Å².